The molecule has 0 spiro atoms. The van der Waals surface area contributed by atoms with Gasteiger partial charge >= 0.3 is 0 Å². The molecule has 0 bridgehead atoms. The molecule has 0 amide bonds. The summed E-state index contributed by atoms with van der Waals surface area (Å²) in [7, 11) is -2.59. The number of aromatic nitrogens is 2. The molecule has 5 heteroatoms. The molecule has 235 valence electrons. The van der Waals surface area contributed by atoms with Gasteiger partial charge in [0, 0.05) is 32.5 Å². The van der Waals surface area contributed by atoms with Crippen molar-refractivity contribution in [3.63, 3.8) is 0 Å². The Kier molecular flexibility index (Phi) is 12.0. The maximum Gasteiger partial charge on any atom is 0.0795 e. The second-order valence-corrected chi connectivity index (χ2v) is 23.6. The summed E-state index contributed by atoms with van der Waals surface area (Å²) in [5.41, 5.74) is 9.14. The van der Waals surface area contributed by atoms with Crippen LogP contribution in [0.25, 0.3) is 33.6 Å². The van der Waals surface area contributed by atoms with E-state index in [4.69, 9.17) is 0 Å². The number of hydrogen-bond donors (Lipinski definition) is 0. The quantitative estimate of drug-likeness (QED) is 0.119. The van der Waals surface area contributed by atoms with Crippen LogP contribution in [0, 0.1) is 12.1 Å². The van der Waals surface area contributed by atoms with Gasteiger partial charge in [0.1, 0.15) is 0 Å². The van der Waals surface area contributed by atoms with Gasteiger partial charge in [-0.25, -0.2) is 0 Å². The van der Waals surface area contributed by atoms with E-state index in [0.29, 0.717) is 0 Å². The van der Waals surface area contributed by atoms with Crippen LogP contribution in [0.2, 0.25) is 39.3 Å². The zero-order chi connectivity index (χ0) is 31.9. The first-order chi connectivity index (χ1) is 21.6. The number of benzene rings is 4. The molecule has 6 rings (SSSR count). The Morgan fingerprint density at radius 3 is 1.50 bits per heavy atom. The van der Waals surface area contributed by atoms with Crippen molar-refractivity contribution >= 4 is 26.5 Å². The average molecular weight is 811 g/mol. The summed E-state index contributed by atoms with van der Waals surface area (Å²) in [4.78, 5) is 9.32. The smallest absolute Gasteiger partial charge is 0.0795 e. The van der Waals surface area contributed by atoms with E-state index in [1.54, 1.807) is 0 Å². The van der Waals surface area contributed by atoms with E-state index in [2.05, 4.69) is 165 Å². The van der Waals surface area contributed by atoms with Crippen molar-refractivity contribution in [1.82, 2.24) is 9.97 Å². The molecule has 0 aliphatic rings. The van der Waals surface area contributed by atoms with Crippen molar-refractivity contribution in [3.8, 4) is 33.6 Å². The Labute approximate surface area is 291 Å². The van der Waals surface area contributed by atoms with Crippen molar-refractivity contribution in [2.45, 2.75) is 45.7 Å². The Morgan fingerprint density at radius 2 is 1.00 bits per heavy atom. The fourth-order valence-electron chi connectivity index (χ4n) is 5.02. The van der Waals surface area contributed by atoms with Gasteiger partial charge in [0.25, 0.3) is 0 Å². The molecule has 0 fully saturated rings. The predicted molar refractivity (Wildman–Crippen MR) is 198 cm³/mol. The van der Waals surface area contributed by atoms with Crippen molar-refractivity contribution in [3.05, 3.63) is 157 Å². The Morgan fingerprint density at radius 1 is 0.500 bits per heavy atom. The van der Waals surface area contributed by atoms with Gasteiger partial charge < -0.3 is 9.97 Å². The Bertz CT molecular complexity index is 1810. The van der Waals surface area contributed by atoms with E-state index in [-0.39, 0.29) is 20.1 Å². The van der Waals surface area contributed by atoms with Crippen LogP contribution in [0.5, 0.6) is 0 Å². The van der Waals surface area contributed by atoms with Gasteiger partial charge in [-0.05, 0) is 39.3 Å². The minimum Gasteiger partial charge on any atom is -0.305 e. The third-order valence-electron chi connectivity index (χ3n) is 7.84. The van der Waals surface area contributed by atoms with Crippen molar-refractivity contribution in [2.24, 2.45) is 0 Å². The fraction of sp³-hybridized carbons (Fsp3) is 0.171. The van der Waals surface area contributed by atoms with Gasteiger partial charge in [-0.15, -0.1) is 70.8 Å². The molecule has 2 aromatic heterocycles. The number of nitrogens with zero attached hydrogens (tertiary/aromatic N) is 2. The molecular weight excluding hydrogens is 769 g/mol. The minimum absolute atomic E-state index is 0. The second kappa shape index (κ2) is 15.7. The van der Waals surface area contributed by atoms with Gasteiger partial charge in [-0.3, -0.25) is 0 Å². The van der Waals surface area contributed by atoms with Crippen LogP contribution in [0.15, 0.2) is 134 Å². The number of hydrogen-bond acceptors (Lipinski definition) is 2. The van der Waals surface area contributed by atoms with E-state index in [1.165, 1.54) is 32.6 Å². The monoisotopic (exact) mass is 811 g/mol. The molecule has 6 aromatic rings. The molecule has 2 heterocycles. The molecule has 0 atom stereocenters. The standard InChI is InChI=1S/C21H22NSi.C20H20NSi.Ir/c1-23(2,3)20-12-13-21(22-16-20)19-11-7-10-18(15-19)14-17-8-5-4-6-9-17;1-22(2,3)19-12-13-20(21-15-19)18-11-7-10-17(14-18)16-8-5-4-6-9-16;/h4-10,12-13,15-16H,14H2,1-3H3;4-10,12-15H,1-3H3;/q2*-1;. The largest absolute Gasteiger partial charge is 0.305 e. The molecule has 0 aliphatic carbocycles. The fourth-order valence-corrected chi connectivity index (χ4v) is 7.09. The van der Waals surface area contributed by atoms with Crippen LogP contribution < -0.4 is 10.4 Å². The first-order valence-corrected chi connectivity index (χ1v) is 22.6. The van der Waals surface area contributed by atoms with Crippen molar-refractivity contribution < 1.29 is 20.1 Å². The van der Waals surface area contributed by atoms with E-state index in [9.17, 15) is 0 Å². The maximum absolute atomic E-state index is 4.67. The van der Waals surface area contributed by atoms with Gasteiger partial charge in [0.15, 0.2) is 0 Å². The summed E-state index contributed by atoms with van der Waals surface area (Å²) in [5.74, 6) is 0. The Balaban J connectivity index is 0.000000205. The summed E-state index contributed by atoms with van der Waals surface area (Å²) >= 11 is 0. The van der Waals surface area contributed by atoms with E-state index in [1.807, 2.05) is 30.6 Å². The van der Waals surface area contributed by atoms with Crippen LogP contribution in [-0.4, -0.2) is 26.1 Å². The predicted octanol–water partition coefficient (Wildman–Crippen LogP) is 9.44. The minimum atomic E-state index is -1.29. The van der Waals surface area contributed by atoms with Crippen molar-refractivity contribution in [2.75, 3.05) is 0 Å². The summed E-state index contributed by atoms with van der Waals surface area (Å²) < 4.78 is 0. The van der Waals surface area contributed by atoms with E-state index < -0.39 is 16.1 Å². The second-order valence-electron chi connectivity index (χ2n) is 13.5. The van der Waals surface area contributed by atoms with Gasteiger partial charge in [-0.2, -0.15) is 0 Å². The molecule has 2 nitrogen and oxygen atoms in total. The first kappa shape index (κ1) is 35.1. The molecule has 0 unspecified atom stereocenters. The molecule has 0 saturated carbocycles. The van der Waals surface area contributed by atoms with Crippen LogP contribution >= 0.6 is 0 Å². The molecular formula is C41H42IrN2Si2-2. The van der Waals surface area contributed by atoms with E-state index >= 15 is 0 Å². The average Bonchev–Trinajstić information content (AvgIpc) is 3.05. The number of pyridine rings is 2. The normalized spacial score (nSPS) is 11.2. The summed E-state index contributed by atoms with van der Waals surface area (Å²) in [6.07, 6.45) is 5.01. The third-order valence-corrected chi connectivity index (χ3v) is 11.9. The SMILES string of the molecule is C[Si](C)(C)c1ccc(-c2[c-]ccc(-c3ccccc3)c2)nc1.C[Si](C)(C)c1ccc(-c2[c-]ccc(Cc3ccccc3)c2)nc1.[Ir]. The zero-order valence-corrected chi connectivity index (χ0v) is 32.0. The Hall–Kier alpha value is -3.74. The molecule has 0 aliphatic heterocycles. The molecule has 0 saturated heterocycles. The van der Waals surface area contributed by atoms with E-state index in [0.717, 1.165) is 28.9 Å². The maximum atomic E-state index is 4.67. The molecule has 0 N–H and O–H groups in total. The number of rotatable bonds is 7. The summed E-state index contributed by atoms with van der Waals surface area (Å²) in [6.45, 7) is 14.0. The van der Waals surface area contributed by atoms with Gasteiger partial charge in [0.05, 0.1) is 16.1 Å². The third kappa shape index (κ3) is 9.63. The van der Waals surface area contributed by atoms with Crippen LogP contribution in [0.4, 0.5) is 0 Å². The first-order valence-electron chi connectivity index (χ1n) is 15.6. The van der Waals surface area contributed by atoms with Crippen LogP contribution in [0.1, 0.15) is 11.1 Å². The van der Waals surface area contributed by atoms with Crippen LogP contribution in [0.3, 0.4) is 0 Å². The summed E-state index contributed by atoms with van der Waals surface area (Å²) in [5, 5.41) is 2.78. The van der Waals surface area contributed by atoms with Gasteiger partial charge in [0.2, 0.25) is 0 Å². The van der Waals surface area contributed by atoms with Crippen LogP contribution in [-0.2, 0) is 26.5 Å². The molecule has 4 aromatic carbocycles. The molecule has 46 heavy (non-hydrogen) atoms. The topological polar surface area (TPSA) is 25.8 Å². The summed E-state index contributed by atoms with van der Waals surface area (Å²) in [6, 6.07) is 48.8. The van der Waals surface area contributed by atoms with Crippen molar-refractivity contribution in [1.29, 1.82) is 0 Å². The van der Waals surface area contributed by atoms with Gasteiger partial charge in [-0.1, -0.05) is 124 Å². The zero-order valence-electron chi connectivity index (χ0n) is 27.6. The molecule has 1 radical (unpaired) electrons.